The molecule has 1 N–H and O–H groups in total. The van der Waals surface area contributed by atoms with Gasteiger partial charge in [-0.15, -0.1) is 0 Å². The first kappa shape index (κ1) is 13.9. The molecular formula is C17H19IN2. The highest BCUT2D eigenvalue weighted by molar-refractivity contribution is 14.1. The highest BCUT2D eigenvalue weighted by Gasteiger charge is 2.20. The van der Waals surface area contributed by atoms with Gasteiger partial charge in [0.2, 0.25) is 0 Å². The Labute approximate surface area is 134 Å². The van der Waals surface area contributed by atoms with Crippen LogP contribution in [0.1, 0.15) is 18.0 Å². The van der Waals surface area contributed by atoms with Gasteiger partial charge in [-0.3, -0.25) is 0 Å². The van der Waals surface area contributed by atoms with Crippen molar-refractivity contribution in [2.24, 2.45) is 0 Å². The maximum atomic E-state index is 3.67. The molecule has 0 aliphatic carbocycles. The Morgan fingerprint density at radius 3 is 2.55 bits per heavy atom. The summed E-state index contributed by atoms with van der Waals surface area (Å²) in [5, 5.41) is 3.67. The van der Waals surface area contributed by atoms with Crippen molar-refractivity contribution >= 4 is 28.3 Å². The van der Waals surface area contributed by atoms with E-state index in [-0.39, 0.29) is 0 Å². The van der Waals surface area contributed by atoms with Crippen molar-refractivity contribution in [2.45, 2.75) is 12.5 Å². The van der Waals surface area contributed by atoms with E-state index in [0.717, 1.165) is 19.6 Å². The van der Waals surface area contributed by atoms with Crippen LogP contribution in [-0.4, -0.2) is 19.6 Å². The fourth-order valence-corrected chi connectivity index (χ4v) is 3.49. The zero-order chi connectivity index (χ0) is 13.8. The van der Waals surface area contributed by atoms with Crippen molar-refractivity contribution in [3.63, 3.8) is 0 Å². The molecular weight excluding hydrogens is 359 g/mol. The number of anilines is 1. The lowest BCUT2D eigenvalue weighted by molar-refractivity contribution is 0.570. The number of halogens is 1. The van der Waals surface area contributed by atoms with E-state index in [0.29, 0.717) is 6.04 Å². The van der Waals surface area contributed by atoms with Crippen molar-refractivity contribution in [3.05, 3.63) is 63.7 Å². The summed E-state index contributed by atoms with van der Waals surface area (Å²) in [5.41, 5.74) is 2.74. The van der Waals surface area contributed by atoms with Gasteiger partial charge in [0.25, 0.3) is 0 Å². The van der Waals surface area contributed by atoms with Crippen LogP contribution in [-0.2, 0) is 0 Å². The second-order valence-electron chi connectivity index (χ2n) is 5.17. The largest absolute Gasteiger partial charge is 0.369 e. The van der Waals surface area contributed by atoms with E-state index in [1.54, 1.807) is 0 Å². The molecule has 3 rings (SSSR count). The summed E-state index contributed by atoms with van der Waals surface area (Å²) < 4.78 is 1.33. The molecule has 1 aliphatic heterocycles. The number of rotatable bonds is 2. The van der Waals surface area contributed by atoms with Gasteiger partial charge in [-0.25, -0.2) is 0 Å². The fraction of sp³-hybridized carbons (Fsp3) is 0.294. The van der Waals surface area contributed by atoms with Crippen LogP contribution in [0.4, 0.5) is 5.69 Å². The highest BCUT2D eigenvalue weighted by Crippen LogP contribution is 2.26. The summed E-state index contributed by atoms with van der Waals surface area (Å²) in [6.45, 7) is 3.24. The average molecular weight is 378 g/mol. The van der Waals surface area contributed by atoms with Gasteiger partial charge in [-0.1, -0.05) is 42.5 Å². The average Bonchev–Trinajstić information content (AvgIpc) is 2.75. The molecule has 3 heteroatoms. The summed E-state index contributed by atoms with van der Waals surface area (Å²) in [6, 6.07) is 19.8. The summed E-state index contributed by atoms with van der Waals surface area (Å²) in [7, 11) is 0. The van der Waals surface area contributed by atoms with E-state index in [2.05, 4.69) is 87.4 Å². The van der Waals surface area contributed by atoms with E-state index < -0.39 is 0 Å². The fourth-order valence-electron chi connectivity index (χ4n) is 2.76. The molecule has 0 aromatic heterocycles. The predicted molar refractivity (Wildman–Crippen MR) is 93.2 cm³/mol. The molecule has 0 saturated carbocycles. The van der Waals surface area contributed by atoms with E-state index in [9.17, 15) is 0 Å². The molecule has 0 spiro atoms. The lowest BCUT2D eigenvalue weighted by atomic mass is 10.1. The summed E-state index contributed by atoms with van der Waals surface area (Å²) in [6.07, 6.45) is 1.19. The van der Waals surface area contributed by atoms with Crippen molar-refractivity contribution in [2.75, 3.05) is 24.5 Å². The minimum Gasteiger partial charge on any atom is -0.369 e. The topological polar surface area (TPSA) is 15.3 Å². The Hall–Kier alpha value is -1.07. The minimum atomic E-state index is 0.412. The predicted octanol–water partition coefficient (Wildman–Crippen LogP) is 3.83. The van der Waals surface area contributed by atoms with Crippen LogP contribution >= 0.6 is 22.6 Å². The second-order valence-corrected chi connectivity index (χ2v) is 6.33. The summed E-state index contributed by atoms with van der Waals surface area (Å²) in [5.74, 6) is 0. The van der Waals surface area contributed by atoms with Gasteiger partial charge in [-0.05, 0) is 53.3 Å². The number of hydrogen-bond acceptors (Lipinski definition) is 2. The number of hydrogen-bond donors (Lipinski definition) is 1. The Morgan fingerprint density at radius 2 is 1.75 bits per heavy atom. The standard InChI is InChI=1S/C17H19IN2/c18-15-9-4-5-10-17(15)20-12-6-11-19-16(13-20)14-7-2-1-3-8-14/h1-5,7-10,16,19H,6,11-13H2. The third-order valence-corrected chi connectivity index (χ3v) is 4.71. The smallest absolute Gasteiger partial charge is 0.0502 e. The summed E-state index contributed by atoms with van der Waals surface area (Å²) >= 11 is 2.44. The van der Waals surface area contributed by atoms with E-state index >= 15 is 0 Å². The zero-order valence-corrected chi connectivity index (χ0v) is 13.6. The molecule has 104 valence electrons. The van der Waals surface area contributed by atoms with Crippen LogP contribution in [0.3, 0.4) is 0 Å². The third kappa shape index (κ3) is 3.15. The van der Waals surface area contributed by atoms with Gasteiger partial charge < -0.3 is 10.2 Å². The first-order valence-corrected chi connectivity index (χ1v) is 8.20. The third-order valence-electron chi connectivity index (χ3n) is 3.79. The monoisotopic (exact) mass is 378 g/mol. The van der Waals surface area contributed by atoms with Gasteiger partial charge in [0, 0.05) is 22.7 Å². The van der Waals surface area contributed by atoms with Crippen molar-refractivity contribution in [3.8, 4) is 0 Å². The minimum absolute atomic E-state index is 0.412. The molecule has 1 atom stereocenters. The molecule has 1 unspecified atom stereocenters. The number of nitrogens with zero attached hydrogens (tertiary/aromatic N) is 1. The SMILES string of the molecule is Ic1ccccc1N1CCCNC(c2ccccc2)C1. The van der Waals surface area contributed by atoms with Crippen LogP contribution in [0.15, 0.2) is 54.6 Å². The first-order valence-electron chi connectivity index (χ1n) is 7.12. The van der Waals surface area contributed by atoms with Gasteiger partial charge in [-0.2, -0.15) is 0 Å². The first-order chi connectivity index (χ1) is 9.84. The van der Waals surface area contributed by atoms with Crippen molar-refractivity contribution in [1.82, 2.24) is 5.32 Å². The number of benzene rings is 2. The quantitative estimate of drug-likeness (QED) is 0.800. The van der Waals surface area contributed by atoms with E-state index in [4.69, 9.17) is 0 Å². The van der Waals surface area contributed by atoms with E-state index in [1.165, 1.54) is 21.2 Å². The molecule has 20 heavy (non-hydrogen) atoms. The Balaban J connectivity index is 1.84. The molecule has 1 heterocycles. The van der Waals surface area contributed by atoms with Crippen LogP contribution in [0.5, 0.6) is 0 Å². The Kier molecular flexibility index (Phi) is 4.58. The van der Waals surface area contributed by atoms with Gasteiger partial charge in [0.15, 0.2) is 0 Å². The lowest BCUT2D eigenvalue weighted by Gasteiger charge is -2.27. The van der Waals surface area contributed by atoms with Crippen LogP contribution in [0.2, 0.25) is 0 Å². The van der Waals surface area contributed by atoms with Crippen molar-refractivity contribution < 1.29 is 0 Å². The van der Waals surface area contributed by atoms with Gasteiger partial charge in [0.05, 0.1) is 5.69 Å². The molecule has 2 aromatic rings. The molecule has 1 fully saturated rings. The molecule has 1 aliphatic rings. The van der Waals surface area contributed by atoms with Crippen molar-refractivity contribution in [1.29, 1.82) is 0 Å². The normalized spacial score (nSPS) is 19.6. The van der Waals surface area contributed by atoms with Crippen LogP contribution < -0.4 is 10.2 Å². The number of para-hydroxylation sites is 1. The molecule has 0 amide bonds. The van der Waals surface area contributed by atoms with E-state index in [1.807, 2.05) is 0 Å². The molecule has 1 saturated heterocycles. The lowest BCUT2D eigenvalue weighted by Crippen LogP contribution is -2.31. The Bertz CT molecular complexity index is 556. The maximum absolute atomic E-state index is 3.67. The molecule has 2 nitrogen and oxygen atoms in total. The Morgan fingerprint density at radius 1 is 1.00 bits per heavy atom. The zero-order valence-electron chi connectivity index (χ0n) is 11.4. The van der Waals surface area contributed by atoms with Crippen LogP contribution in [0, 0.1) is 3.57 Å². The van der Waals surface area contributed by atoms with Gasteiger partial charge >= 0.3 is 0 Å². The highest BCUT2D eigenvalue weighted by atomic mass is 127. The molecule has 2 aromatic carbocycles. The van der Waals surface area contributed by atoms with Crippen LogP contribution in [0.25, 0.3) is 0 Å². The summed E-state index contributed by atoms with van der Waals surface area (Å²) in [4.78, 5) is 2.51. The van der Waals surface area contributed by atoms with Gasteiger partial charge in [0.1, 0.15) is 0 Å². The molecule has 0 radical (unpaired) electrons. The maximum Gasteiger partial charge on any atom is 0.0502 e. The molecule has 0 bridgehead atoms. The second kappa shape index (κ2) is 6.59. The number of nitrogens with one attached hydrogen (secondary N) is 1.